The molecule has 0 heterocycles. The van der Waals surface area contributed by atoms with E-state index in [-0.39, 0.29) is 23.8 Å². The summed E-state index contributed by atoms with van der Waals surface area (Å²) in [5.41, 5.74) is 1.04. The average Bonchev–Trinajstić information content (AvgIpc) is 2.36. The van der Waals surface area contributed by atoms with Crippen LogP contribution in [0.5, 0.6) is 0 Å². The molecule has 2 amide bonds. The molecule has 0 saturated carbocycles. The van der Waals surface area contributed by atoms with E-state index in [1.54, 1.807) is 0 Å². The second-order valence-corrected chi connectivity index (χ2v) is 5.06. The first-order chi connectivity index (χ1) is 8.91. The van der Waals surface area contributed by atoms with Crippen molar-refractivity contribution < 1.29 is 9.59 Å². The van der Waals surface area contributed by atoms with Gasteiger partial charge in [0.15, 0.2) is 0 Å². The van der Waals surface area contributed by atoms with Gasteiger partial charge in [-0.15, -0.1) is 0 Å². The minimum atomic E-state index is -0.497. The molecule has 0 bridgehead atoms. The third-order valence-electron chi connectivity index (χ3n) is 2.97. The quantitative estimate of drug-likeness (QED) is 0.853. The Balaban J connectivity index is 2.69. The van der Waals surface area contributed by atoms with Crippen LogP contribution in [-0.2, 0) is 9.59 Å². The first-order valence-corrected chi connectivity index (χ1v) is 6.54. The van der Waals surface area contributed by atoms with E-state index in [1.165, 1.54) is 6.92 Å². The number of carbonyl (C=O) groups excluding carboxylic acids is 2. The van der Waals surface area contributed by atoms with Gasteiger partial charge in [0.1, 0.15) is 6.04 Å². The fraction of sp³-hybridized carbons (Fsp3) is 0.467. The molecule has 0 spiro atoms. The molecule has 1 aromatic carbocycles. The Kier molecular flexibility index (Phi) is 5.55. The van der Waals surface area contributed by atoms with Crippen LogP contribution in [0.4, 0.5) is 0 Å². The summed E-state index contributed by atoms with van der Waals surface area (Å²) in [5.74, 6) is -0.297. The number of amides is 2. The van der Waals surface area contributed by atoms with E-state index in [0.29, 0.717) is 0 Å². The van der Waals surface area contributed by atoms with Gasteiger partial charge in [-0.3, -0.25) is 9.59 Å². The van der Waals surface area contributed by atoms with Gasteiger partial charge in [-0.25, -0.2) is 0 Å². The molecule has 4 nitrogen and oxygen atoms in total. The number of hydrogen-bond donors (Lipinski definition) is 2. The zero-order valence-electron chi connectivity index (χ0n) is 11.9. The Morgan fingerprint density at radius 1 is 1.00 bits per heavy atom. The smallest absolute Gasteiger partial charge is 0.243 e. The number of carbonyl (C=O) groups is 2. The van der Waals surface area contributed by atoms with Crippen molar-refractivity contribution in [3.8, 4) is 0 Å². The number of hydrogen-bond acceptors (Lipinski definition) is 2. The third kappa shape index (κ3) is 4.73. The lowest BCUT2D eigenvalue weighted by Gasteiger charge is -2.23. The van der Waals surface area contributed by atoms with Crippen molar-refractivity contribution in [1.29, 1.82) is 0 Å². The van der Waals surface area contributed by atoms with Crippen LogP contribution >= 0.6 is 0 Å². The molecule has 4 heteroatoms. The van der Waals surface area contributed by atoms with Gasteiger partial charge in [-0.05, 0) is 18.4 Å². The predicted molar refractivity (Wildman–Crippen MR) is 75.4 cm³/mol. The number of nitrogens with one attached hydrogen (secondary N) is 2. The molecule has 2 unspecified atom stereocenters. The van der Waals surface area contributed by atoms with Crippen molar-refractivity contribution >= 4 is 11.8 Å². The topological polar surface area (TPSA) is 58.2 Å². The molecule has 0 aliphatic carbocycles. The Bertz CT molecular complexity index is 429. The highest BCUT2D eigenvalue weighted by molar-refractivity contribution is 5.87. The van der Waals surface area contributed by atoms with Crippen molar-refractivity contribution in [2.75, 3.05) is 0 Å². The van der Waals surface area contributed by atoms with E-state index >= 15 is 0 Å². The summed E-state index contributed by atoms with van der Waals surface area (Å²) in [6.07, 6.45) is 0. The van der Waals surface area contributed by atoms with Gasteiger partial charge in [0.2, 0.25) is 11.8 Å². The van der Waals surface area contributed by atoms with Gasteiger partial charge < -0.3 is 10.6 Å². The Labute approximate surface area is 114 Å². The molecule has 0 aromatic heterocycles. The predicted octanol–water partition coefficient (Wildman–Crippen LogP) is 2.02. The van der Waals surface area contributed by atoms with Crippen molar-refractivity contribution in [2.24, 2.45) is 5.92 Å². The Hall–Kier alpha value is -1.84. The van der Waals surface area contributed by atoms with Crippen LogP contribution in [0.15, 0.2) is 30.3 Å². The van der Waals surface area contributed by atoms with Gasteiger partial charge in [0.25, 0.3) is 0 Å². The highest BCUT2D eigenvalue weighted by atomic mass is 16.2. The molecule has 1 aromatic rings. The molecule has 104 valence electrons. The monoisotopic (exact) mass is 262 g/mol. The van der Waals surface area contributed by atoms with Crippen LogP contribution in [0.2, 0.25) is 0 Å². The summed E-state index contributed by atoms with van der Waals surface area (Å²) in [6, 6.07) is 9.16. The Morgan fingerprint density at radius 3 is 2.05 bits per heavy atom. The summed E-state index contributed by atoms with van der Waals surface area (Å²) in [6.45, 7) is 7.17. The van der Waals surface area contributed by atoms with E-state index in [4.69, 9.17) is 0 Å². The molecule has 2 atom stereocenters. The molecular weight excluding hydrogens is 240 g/mol. The highest BCUT2D eigenvalue weighted by Crippen LogP contribution is 2.12. The first kappa shape index (κ1) is 15.2. The van der Waals surface area contributed by atoms with E-state index < -0.39 is 6.04 Å². The van der Waals surface area contributed by atoms with Gasteiger partial charge >= 0.3 is 0 Å². The maximum absolute atomic E-state index is 12.2. The largest absolute Gasteiger partial charge is 0.348 e. The zero-order chi connectivity index (χ0) is 14.4. The van der Waals surface area contributed by atoms with E-state index in [2.05, 4.69) is 10.6 Å². The van der Waals surface area contributed by atoms with Crippen LogP contribution in [-0.4, -0.2) is 17.9 Å². The molecule has 0 saturated heterocycles. The molecule has 2 N–H and O–H groups in total. The van der Waals surface area contributed by atoms with Crippen molar-refractivity contribution in [2.45, 2.75) is 39.8 Å². The first-order valence-electron chi connectivity index (χ1n) is 6.54. The van der Waals surface area contributed by atoms with Crippen molar-refractivity contribution in [3.63, 3.8) is 0 Å². The van der Waals surface area contributed by atoms with Crippen LogP contribution in [0.3, 0.4) is 0 Å². The Morgan fingerprint density at radius 2 is 1.58 bits per heavy atom. The molecule has 0 fully saturated rings. The molecule has 0 aliphatic rings. The van der Waals surface area contributed by atoms with Crippen molar-refractivity contribution in [3.05, 3.63) is 35.9 Å². The maximum atomic E-state index is 12.2. The minimum absolute atomic E-state index is 0.0480. The van der Waals surface area contributed by atoms with Gasteiger partial charge in [0.05, 0.1) is 6.04 Å². The molecule has 0 aliphatic heterocycles. The maximum Gasteiger partial charge on any atom is 0.243 e. The minimum Gasteiger partial charge on any atom is -0.348 e. The van der Waals surface area contributed by atoms with E-state index in [9.17, 15) is 9.59 Å². The summed E-state index contributed by atoms with van der Waals surface area (Å²) in [5, 5.41) is 5.61. The van der Waals surface area contributed by atoms with Crippen LogP contribution in [0.1, 0.15) is 39.3 Å². The van der Waals surface area contributed by atoms with E-state index in [0.717, 1.165) is 5.56 Å². The fourth-order valence-corrected chi connectivity index (χ4v) is 1.88. The molecule has 1 rings (SSSR count). The number of rotatable bonds is 5. The lowest BCUT2D eigenvalue weighted by Crippen LogP contribution is -2.49. The van der Waals surface area contributed by atoms with Crippen LogP contribution < -0.4 is 10.6 Å². The molecule has 0 radical (unpaired) electrons. The second-order valence-electron chi connectivity index (χ2n) is 5.06. The summed E-state index contributed by atoms with van der Waals surface area (Å²) in [4.78, 5) is 23.3. The lowest BCUT2D eigenvalue weighted by atomic mass is 10.0. The van der Waals surface area contributed by atoms with Crippen LogP contribution in [0.25, 0.3) is 0 Å². The van der Waals surface area contributed by atoms with E-state index in [1.807, 2.05) is 51.1 Å². The van der Waals surface area contributed by atoms with Gasteiger partial charge in [-0.1, -0.05) is 44.2 Å². The van der Waals surface area contributed by atoms with Gasteiger partial charge in [0, 0.05) is 6.92 Å². The summed E-state index contributed by atoms with van der Waals surface area (Å²) in [7, 11) is 0. The van der Waals surface area contributed by atoms with Crippen LogP contribution in [0, 0.1) is 5.92 Å². The third-order valence-corrected chi connectivity index (χ3v) is 2.97. The van der Waals surface area contributed by atoms with Crippen molar-refractivity contribution in [1.82, 2.24) is 10.6 Å². The summed E-state index contributed by atoms with van der Waals surface area (Å²) >= 11 is 0. The zero-order valence-corrected chi connectivity index (χ0v) is 11.9. The molecular formula is C15H22N2O2. The highest BCUT2D eigenvalue weighted by Gasteiger charge is 2.24. The number of benzene rings is 1. The molecule has 19 heavy (non-hydrogen) atoms. The average molecular weight is 262 g/mol. The lowest BCUT2D eigenvalue weighted by molar-refractivity contribution is -0.129. The summed E-state index contributed by atoms with van der Waals surface area (Å²) < 4.78 is 0. The SMILES string of the molecule is CC(=O)NC(C(=O)NC(C)c1ccccc1)C(C)C. The van der Waals surface area contributed by atoms with Gasteiger partial charge in [-0.2, -0.15) is 0 Å². The standard InChI is InChI=1S/C15H22N2O2/c1-10(2)14(17-12(4)18)15(19)16-11(3)13-8-6-5-7-9-13/h5-11,14H,1-4H3,(H,16,19)(H,17,18). The normalized spacial score (nSPS) is 13.7. The second kappa shape index (κ2) is 6.92. The fourth-order valence-electron chi connectivity index (χ4n) is 1.88.